The van der Waals surface area contributed by atoms with Gasteiger partial charge < -0.3 is 14.7 Å². The molecule has 1 amide bonds. The molecule has 5 heterocycles. The van der Waals surface area contributed by atoms with Gasteiger partial charge >= 0.3 is 0 Å². The van der Waals surface area contributed by atoms with Crippen LogP contribution in [0.15, 0.2) is 41.1 Å². The SMILES string of the molecule is CC(Nc1nccc(-c2cccc(-c3cc(C4C=[N+](C)CC4)on3)n2)n1)C(=O)N1CCCCC1. The van der Waals surface area contributed by atoms with E-state index < -0.39 is 6.04 Å². The van der Waals surface area contributed by atoms with Crippen molar-refractivity contribution in [2.75, 3.05) is 32.0 Å². The van der Waals surface area contributed by atoms with Crippen molar-refractivity contribution in [3.05, 3.63) is 42.3 Å². The Bertz CT molecular complexity index is 1200. The third-order valence-corrected chi connectivity index (χ3v) is 6.43. The van der Waals surface area contributed by atoms with Gasteiger partial charge in [-0.05, 0) is 44.4 Å². The summed E-state index contributed by atoms with van der Waals surface area (Å²) < 4.78 is 7.79. The van der Waals surface area contributed by atoms with Gasteiger partial charge in [-0.15, -0.1) is 0 Å². The van der Waals surface area contributed by atoms with Gasteiger partial charge in [-0.25, -0.2) is 19.5 Å². The van der Waals surface area contributed by atoms with E-state index in [9.17, 15) is 4.79 Å². The van der Waals surface area contributed by atoms with E-state index in [0.717, 1.165) is 50.4 Å². The number of hydrogen-bond acceptors (Lipinski definition) is 7. The van der Waals surface area contributed by atoms with Crippen molar-refractivity contribution in [1.82, 2.24) is 25.0 Å². The fourth-order valence-corrected chi connectivity index (χ4v) is 4.53. The number of carbonyl (C=O) groups is 1. The van der Waals surface area contributed by atoms with E-state index in [0.29, 0.717) is 23.0 Å². The molecule has 0 aliphatic carbocycles. The van der Waals surface area contributed by atoms with Gasteiger partial charge in [-0.3, -0.25) is 4.79 Å². The van der Waals surface area contributed by atoms with Crippen molar-refractivity contribution < 1.29 is 13.9 Å². The van der Waals surface area contributed by atoms with Crippen LogP contribution in [0.25, 0.3) is 22.8 Å². The van der Waals surface area contributed by atoms with Crippen molar-refractivity contribution in [1.29, 1.82) is 0 Å². The van der Waals surface area contributed by atoms with Gasteiger partial charge in [0.1, 0.15) is 31.2 Å². The maximum Gasteiger partial charge on any atom is 0.244 e. The van der Waals surface area contributed by atoms with Crippen LogP contribution in [0.5, 0.6) is 0 Å². The molecule has 0 bridgehead atoms. The van der Waals surface area contributed by atoms with Crippen molar-refractivity contribution >= 4 is 18.1 Å². The summed E-state index contributed by atoms with van der Waals surface area (Å²) in [6.45, 7) is 4.51. The Morgan fingerprint density at radius 3 is 2.65 bits per heavy atom. The van der Waals surface area contributed by atoms with Gasteiger partial charge in [0.15, 0.2) is 12.0 Å². The first kappa shape index (κ1) is 22.2. The van der Waals surface area contributed by atoms with Crippen LogP contribution in [0.1, 0.15) is 44.3 Å². The smallest absolute Gasteiger partial charge is 0.244 e. The van der Waals surface area contributed by atoms with E-state index in [-0.39, 0.29) is 11.8 Å². The first-order valence-corrected chi connectivity index (χ1v) is 11.9. The summed E-state index contributed by atoms with van der Waals surface area (Å²) in [5.41, 5.74) is 2.80. The summed E-state index contributed by atoms with van der Waals surface area (Å²) >= 11 is 0. The minimum absolute atomic E-state index is 0.0846. The number of nitrogens with zero attached hydrogens (tertiary/aromatic N) is 6. The Morgan fingerprint density at radius 1 is 1.12 bits per heavy atom. The molecule has 2 atom stereocenters. The van der Waals surface area contributed by atoms with Gasteiger partial charge in [0.25, 0.3) is 0 Å². The minimum atomic E-state index is -0.396. The lowest BCUT2D eigenvalue weighted by Crippen LogP contribution is -2.44. The normalized spacial score (nSPS) is 19.1. The van der Waals surface area contributed by atoms with Gasteiger partial charge in [-0.1, -0.05) is 11.2 Å². The quantitative estimate of drug-likeness (QED) is 0.564. The zero-order valence-corrected chi connectivity index (χ0v) is 19.6. The molecule has 2 unspecified atom stereocenters. The molecule has 2 aliphatic rings. The standard InChI is InChI=1S/C25H30N7O2/c1-17(24(33)32-12-4-3-5-13-32)27-25-26-11-9-21(29-25)19-7-6-8-20(28-19)22-15-23(34-30-22)18-10-14-31(2)16-18/h6-9,11,15-18H,3-5,10,12-14H2,1-2H3,(H,26,27,29)/q+1. The lowest BCUT2D eigenvalue weighted by atomic mass is 10.1. The summed E-state index contributed by atoms with van der Waals surface area (Å²) in [6, 6.07) is 9.12. The number of pyridine rings is 1. The Kier molecular flexibility index (Phi) is 6.33. The lowest BCUT2D eigenvalue weighted by Gasteiger charge is -2.29. The van der Waals surface area contributed by atoms with Crippen LogP contribution < -0.4 is 5.32 Å². The van der Waals surface area contributed by atoms with E-state index in [1.807, 2.05) is 42.2 Å². The highest BCUT2D eigenvalue weighted by Gasteiger charge is 2.26. The molecule has 0 radical (unpaired) electrons. The summed E-state index contributed by atoms with van der Waals surface area (Å²) in [6.07, 6.45) is 8.19. The molecule has 3 aromatic rings. The second kappa shape index (κ2) is 9.70. The first-order valence-electron chi connectivity index (χ1n) is 11.9. The fourth-order valence-electron chi connectivity index (χ4n) is 4.53. The van der Waals surface area contributed by atoms with E-state index >= 15 is 0 Å². The number of aromatic nitrogens is 4. The van der Waals surface area contributed by atoms with Crippen molar-refractivity contribution in [3.8, 4) is 22.8 Å². The van der Waals surface area contributed by atoms with Crippen LogP contribution >= 0.6 is 0 Å². The highest BCUT2D eigenvalue weighted by atomic mass is 16.5. The number of hydrogen-bond donors (Lipinski definition) is 1. The molecule has 1 saturated heterocycles. The fraction of sp³-hybridized carbons (Fsp3) is 0.440. The summed E-state index contributed by atoms with van der Waals surface area (Å²) in [5, 5.41) is 7.41. The zero-order chi connectivity index (χ0) is 23.5. The van der Waals surface area contributed by atoms with Crippen LogP contribution in [-0.2, 0) is 4.79 Å². The van der Waals surface area contributed by atoms with Crippen LogP contribution in [-0.4, -0.2) is 74.4 Å². The third-order valence-electron chi connectivity index (χ3n) is 6.43. The van der Waals surface area contributed by atoms with Crippen LogP contribution in [0.4, 0.5) is 5.95 Å². The van der Waals surface area contributed by atoms with E-state index in [1.54, 1.807) is 6.20 Å². The highest BCUT2D eigenvalue weighted by molar-refractivity contribution is 5.84. The highest BCUT2D eigenvalue weighted by Crippen LogP contribution is 2.27. The largest absolute Gasteiger partial charge is 0.360 e. The number of nitrogens with one attached hydrogen (secondary N) is 1. The molecule has 0 spiro atoms. The molecule has 5 rings (SSSR count). The first-order chi connectivity index (χ1) is 16.6. The Hall–Kier alpha value is -3.62. The number of carbonyl (C=O) groups excluding carboxylic acids is 1. The molecule has 9 heteroatoms. The maximum atomic E-state index is 12.7. The zero-order valence-electron chi connectivity index (χ0n) is 19.6. The molecular formula is C25H30N7O2+. The molecule has 34 heavy (non-hydrogen) atoms. The van der Waals surface area contributed by atoms with Crippen molar-refractivity contribution in [2.45, 2.75) is 44.6 Å². The van der Waals surface area contributed by atoms with Crippen molar-refractivity contribution in [2.24, 2.45) is 0 Å². The predicted molar refractivity (Wildman–Crippen MR) is 129 cm³/mol. The molecular weight excluding hydrogens is 430 g/mol. The van der Waals surface area contributed by atoms with Gasteiger partial charge in [-0.2, -0.15) is 0 Å². The second-order valence-corrected chi connectivity index (χ2v) is 9.06. The Morgan fingerprint density at radius 2 is 1.88 bits per heavy atom. The lowest BCUT2D eigenvalue weighted by molar-refractivity contribution is -0.484. The summed E-state index contributed by atoms with van der Waals surface area (Å²) in [5.74, 6) is 1.60. The van der Waals surface area contributed by atoms with Gasteiger partial charge in [0.05, 0.1) is 17.1 Å². The maximum absolute atomic E-state index is 12.7. The molecule has 1 N–H and O–H groups in total. The Labute approximate surface area is 198 Å². The van der Waals surface area contributed by atoms with Gasteiger partial charge in [0, 0.05) is 31.8 Å². The van der Waals surface area contributed by atoms with E-state index in [2.05, 4.69) is 38.3 Å². The molecule has 3 aromatic heterocycles. The number of anilines is 1. The van der Waals surface area contributed by atoms with E-state index in [1.165, 1.54) is 6.42 Å². The molecule has 0 aromatic carbocycles. The van der Waals surface area contributed by atoms with E-state index in [4.69, 9.17) is 9.51 Å². The monoisotopic (exact) mass is 460 g/mol. The van der Waals surface area contributed by atoms with Crippen LogP contribution in [0, 0.1) is 0 Å². The van der Waals surface area contributed by atoms with Crippen LogP contribution in [0.3, 0.4) is 0 Å². The third kappa shape index (κ3) is 4.83. The summed E-state index contributed by atoms with van der Waals surface area (Å²) in [7, 11) is 2.07. The number of rotatable bonds is 6. The molecule has 176 valence electrons. The number of amides is 1. The van der Waals surface area contributed by atoms with Gasteiger partial charge in [0.2, 0.25) is 11.9 Å². The molecule has 1 fully saturated rings. The predicted octanol–water partition coefficient (Wildman–Crippen LogP) is 3.21. The molecule has 0 saturated carbocycles. The topological polar surface area (TPSA) is 100 Å². The average molecular weight is 461 g/mol. The van der Waals surface area contributed by atoms with Crippen molar-refractivity contribution in [3.63, 3.8) is 0 Å². The number of piperidine rings is 1. The van der Waals surface area contributed by atoms with Crippen LogP contribution in [0.2, 0.25) is 0 Å². The molecule has 2 aliphatic heterocycles. The molecule has 9 nitrogen and oxygen atoms in total. The summed E-state index contributed by atoms with van der Waals surface area (Å²) in [4.78, 5) is 28.4. The number of likely N-dealkylation sites (tertiary alicyclic amines) is 1. The Balaban J connectivity index is 1.31. The average Bonchev–Trinajstić information content (AvgIpc) is 3.54. The minimum Gasteiger partial charge on any atom is -0.360 e. The second-order valence-electron chi connectivity index (χ2n) is 9.06.